The molecule has 0 atom stereocenters. The number of hydrogen-bond acceptors (Lipinski definition) is 4. The van der Waals surface area contributed by atoms with E-state index in [2.05, 4.69) is 15.6 Å². The third kappa shape index (κ3) is 4.21. The van der Waals surface area contributed by atoms with Gasteiger partial charge in [0, 0.05) is 23.7 Å². The Bertz CT molecular complexity index is 707. The first-order valence-electron chi connectivity index (χ1n) is 6.75. The molecule has 2 N–H and O–H groups in total. The second kappa shape index (κ2) is 7.43. The van der Waals surface area contributed by atoms with Crippen LogP contribution in [-0.4, -0.2) is 17.4 Å². The number of rotatable bonds is 5. The van der Waals surface area contributed by atoms with Crippen molar-refractivity contribution in [1.29, 1.82) is 5.26 Å². The molecule has 2 rings (SSSR count). The van der Waals surface area contributed by atoms with Crippen molar-refractivity contribution < 1.29 is 4.79 Å². The van der Waals surface area contributed by atoms with Gasteiger partial charge in [-0.2, -0.15) is 5.26 Å². The number of aromatic nitrogens is 1. The van der Waals surface area contributed by atoms with Crippen molar-refractivity contribution in [2.24, 2.45) is 0 Å². The Morgan fingerprint density at radius 3 is 2.86 bits per heavy atom. The fourth-order valence-electron chi connectivity index (χ4n) is 1.84. The number of nitriles is 1. The Kier molecular flexibility index (Phi) is 5.34. The van der Waals surface area contributed by atoms with Crippen LogP contribution in [0.4, 0.5) is 11.4 Å². The van der Waals surface area contributed by atoms with E-state index in [-0.39, 0.29) is 5.91 Å². The molecule has 0 fully saturated rings. The van der Waals surface area contributed by atoms with Crippen LogP contribution in [0.1, 0.15) is 17.7 Å². The molecule has 0 aliphatic carbocycles. The molecule has 5 nitrogen and oxygen atoms in total. The maximum absolute atomic E-state index is 11.9. The maximum atomic E-state index is 11.9. The predicted molar refractivity (Wildman–Crippen MR) is 86.9 cm³/mol. The highest BCUT2D eigenvalue weighted by Gasteiger charge is 2.06. The highest BCUT2D eigenvalue weighted by Crippen LogP contribution is 2.22. The average Bonchev–Trinajstić information content (AvgIpc) is 2.52. The second-order valence-corrected chi connectivity index (χ2v) is 5.09. The van der Waals surface area contributed by atoms with E-state index in [0.29, 0.717) is 23.7 Å². The van der Waals surface area contributed by atoms with E-state index in [1.54, 1.807) is 30.5 Å². The molecule has 0 saturated carbocycles. The Hall–Kier alpha value is -2.58. The van der Waals surface area contributed by atoms with Crippen LogP contribution in [0.15, 0.2) is 36.5 Å². The molecule has 0 spiro atoms. The number of benzene rings is 1. The minimum absolute atomic E-state index is 0.0977. The summed E-state index contributed by atoms with van der Waals surface area (Å²) in [6.07, 6.45) is 1.88. The van der Waals surface area contributed by atoms with Crippen molar-refractivity contribution in [3.63, 3.8) is 0 Å². The van der Waals surface area contributed by atoms with E-state index in [0.717, 1.165) is 16.9 Å². The van der Waals surface area contributed by atoms with Crippen LogP contribution < -0.4 is 10.6 Å². The van der Waals surface area contributed by atoms with E-state index >= 15 is 0 Å². The predicted octanol–water partition coefficient (Wildman–Crippen LogP) is 3.36. The number of pyridine rings is 1. The Labute approximate surface area is 133 Å². The molecule has 0 aliphatic heterocycles. The van der Waals surface area contributed by atoms with Crippen molar-refractivity contribution in [1.82, 2.24) is 4.98 Å². The lowest BCUT2D eigenvalue weighted by Gasteiger charge is -2.10. The van der Waals surface area contributed by atoms with Gasteiger partial charge in [0.15, 0.2) is 0 Å². The van der Waals surface area contributed by atoms with Gasteiger partial charge in [-0.3, -0.25) is 4.79 Å². The van der Waals surface area contributed by atoms with Crippen LogP contribution >= 0.6 is 11.6 Å². The van der Waals surface area contributed by atoms with Gasteiger partial charge in [0.25, 0.3) is 0 Å². The molecule has 22 heavy (non-hydrogen) atoms. The summed E-state index contributed by atoms with van der Waals surface area (Å²) in [5.74, 6) is -0.0977. The summed E-state index contributed by atoms with van der Waals surface area (Å²) in [4.78, 5) is 15.9. The van der Waals surface area contributed by atoms with Crippen LogP contribution in [0.5, 0.6) is 0 Å². The zero-order chi connectivity index (χ0) is 15.9. The summed E-state index contributed by atoms with van der Waals surface area (Å²) in [5.41, 5.74) is 2.70. The average molecular weight is 315 g/mol. The molecule has 0 saturated heterocycles. The van der Waals surface area contributed by atoms with Gasteiger partial charge in [0.1, 0.15) is 11.8 Å². The lowest BCUT2D eigenvalue weighted by Crippen LogP contribution is -2.16. The van der Waals surface area contributed by atoms with Gasteiger partial charge in [-0.15, -0.1) is 0 Å². The van der Waals surface area contributed by atoms with Crippen molar-refractivity contribution in [3.8, 4) is 6.07 Å². The molecule has 112 valence electrons. The monoisotopic (exact) mass is 314 g/mol. The molecular weight excluding hydrogens is 300 g/mol. The number of hydrogen-bond donors (Lipinski definition) is 2. The van der Waals surface area contributed by atoms with Gasteiger partial charge >= 0.3 is 0 Å². The number of nitrogens with one attached hydrogen (secondary N) is 2. The van der Waals surface area contributed by atoms with E-state index in [1.807, 2.05) is 19.1 Å². The number of anilines is 2. The van der Waals surface area contributed by atoms with E-state index in [1.165, 1.54) is 0 Å². The first kappa shape index (κ1) is 15.8. The molecule has 6 heteroatoms. The molecule has 0 aliphatic rings. The van der Waals surface area contributed by atoms with Crippen LogP contribution in [0, 0.1) is 18.3 Å². The largest absolute Gasteiger partial charge is 0.383 e. The molecule has 1 heterocycles. The molecule has 1 aromatic carbocycles. The highest BCUT2D eigenvalue weighted by atomic mass is 35.5. The quantitative estimate of drug-likeness (QED) is 0.887. The summed E-state index contributed by atoms with van der Waals surface area (Å²) in [7, 11) is 0. The third-order valence-corrected chi connectivity index (χ3v) is 3.51. The van der Waals surface area contributed by atoms with Crippen molar-refractivity contribution in [3.05, 3.63) is 52.8 Å². The molecule has 0 unspecified atom stereocenters. The minimum Gasteiger partial charge on any atom is -0.383 e. The van der Waals surface area contributed by atoms with Gasteiger partial charge in [-0.05, 0) is 36.8 Å². The van der Waals surface area contributed by atoms with Crippen LogP contribution in [0.3, 0.4) is 0 Å². The number of halogens is 1. The molecular formula is C16H15ClN4O. The van der Waals surface area contributed by atoms with E-state index < -0.39 is 0 Å². The third-order valence-electron chi connectivity index (χ3n) is 3.10. The van der Waals surface area contributed by atoms with Gasteiger partial charge < -0.3 is 10.6 Å². The van der Waals surface area contributed by atoms with Gasteiger partial charge in [0.05, 0.1) is 11.9 Å². The van der Waals surface area contributed by atoms with Crippen LogP contribution in [0.25, 0.3) is 0 Å². The van der Waals surface area contributed by atoms with Crippen LogP contribution in [0.2, 0.25) is 5.02 Å². The Balaban J connectivity index is 1.82. The lowest BCUT2D eigenvalue weighted by molar-refractivity contribution is -0.115. The molecule has 2 aromatic rings. The Morgan fingerprint density at radius 2 is 2.18 bits per heavy atom. The minimum atomic E-state index is -0.0977. The molecule has 1 aromatic heterocycles. The van der Waals surface area contributed by atoms with Gasteiger partial charge in [-0.25, -0.2) is 4.98 Å². The summed E-state index contributed by atoms with van der Waals surface area (Å²) < 4.78 is 0. The number of carbonyl (C=O) groups is 1. The van der Waals surface area contributed by atoms with Crippen molar-refractivity contribution in [2.45, 2.75) is 13.3 Å². The molecule has 0 radical (unpaired) electrons. The standard InChI is InChI=1S/C16H15ClN4O/c1-11-14(17)3-2-4-15(11)21-16(22)7-8-19-13-6-5-12(9-18)20-10-13/h2-6,10,19H,7-8H2,1H3,(H,21,22). The SMILES string of the molecule is Cc1c(Cl)cccc1NC(=O)CCNc1ccc(C#N)nc1. The second-order valence-electron chi connectivity index (χ2n) is 4.68. The first-order valence-corrected chi connectivity index (χ1v) is 7.13. The first-order chi connectivity index (χ1) is 10.6. The topological polar surface area (TPSA) is 77.8 Å². The van der Waals surface area contributed by atoms with Crippen LogP contribution in [-0.2, 0) is 4.79 Å². The van der Waals surface area contributed by atoms with E-state index in [9.17, 15) is 4.79 Å². The van der Waals surface area contributed by atoms with Crippen molar-refractivity contribution >= 4 is 28.9 Å². The lowest BCUT2D eigenvalue weighted by atomic mass is 10.2. The number of nitrogens with zero attached hydrogens (tertiary/aromatic N) is 2. The van der Waals surface area contributed by atoms with Crippen molar-refractivity contribution in [2.75, 3.05) is 17.2 Å². The summed E-state index contributed by atoms with van der Waals surface area (Å²) >= 11 is 6.01. The summed E-state index contributed by atoms with van der Waals surface area (Å²) in [5, 5.41) is 15.2. The zero-order valence-corrected chi connectivity index (χ0v) is 12.8. The Morgan fingerprint density at radius 1 is 1.36 bits per heavy atom. The normalized spacial score (nSPS) is 9.86. The number of carbonyl (C=O) groups excluding carboxylic acids is 1. The summed E-state index contributed by atoms with van der Waals surface area (Å²) in [6, 6.07) is 10.7. The summed E-state index contributed by atoms with van der Waals surface area (Å²) in [6.45, 7) is 2.33. The van der Waals surface area contributed by atoms with Gasteiger partial charge in [0.2, 0.25) is 5.91 Å². The van der Waals surface area contributed by atoms with E-state index in [4.69, 9.17) is 16.9 Å². The zero-order valence-electron chi connectivity index (χ0n) is 12.1. The maximum Gasteiger partial charge on any atom is 0.226 e. The smallest absolute Gasteiger partial charge is 0.226 e. The van der Waals surface area contributed by atoms with Gasteiger partial charge in [-0.1, -0.05) is 17.7 Å². The highest BCUT2D eigenvalue weighted by molar-refractivity contribution is 6.31. The molecule has 0 bridgehead atoms. The number of amides is 1. The molecule has 1 amide bonds. The fourth-order valence-corrected chi connectivity index (χ4v) is 2.02. The fraction of sp³-hybridized carbons (Fsp3) is 0.188.